The van der Waals surface area contributed by atoms with Gasteiger partial charge in [-0.15, -0.1) is 0 Å². The minimum Gasteiger partial charge on any atom is -0.326 e. The van der Waals surface area contributed by atoms with Crippen LogP contribution in [0, 0.1) is 26.6 Å². The quantitative estimate of drug-likeness (QED) is 0.720. The molecule has 27 heavy (non-hydrogen) atoms. The number of nitrogens with one attached hydrogen (secondary N) is 2. The van der Waals surface area contributed by atoms with Gasteiger partial charge in [0.05, 0.1) is 5.69 Å². The Balaban J connectivity index is 1.71. The van der Waals surface area contributed by atoms with Gasteiger partial charge in [0.25, 0.3) is 5.56 Å². The van der Waals surface area contributed by atoms with Crippen molar-refractivity contribution in [1.29, 1.82) is 0 Å². The van der Waals surface area contributed by atoms with E-state index in [1.54, 1.807) is 6.92 Å². The SMILES string of the molecule is Cc1cc(C)cc(NC(=O)CCc2c(C)[nH]n(-c3ccc(F)cc3)c2=O)c1. The summed E-state index contributed by atoms with van der Waals surface area (Å²) in [6.07, 6.45) is 0.524. The van der Waals surface area contributed by atoms with Crippen molar-refractivity contribution in [2.24, 2.45) is 0 Å². The molecule has 0 spiro atoms. The van der Waals surface area contributed by atoms with Crippen LogP contribution in [0.4, 0.5) is 10.1 Å². The Morgan fingerprint density at radius 3 is 2.33 bits per heavy atom. The van der Waals surface area contributed by atoms with E-state index >= 15 is 0 Å². The number of carbonyl (C=O) groups is 1. The number of hydrogen-bond donors (Lipinski definition) is 2. The van der Waals surface area contributed by atoms with Crippen molar-refractivity contribution in [3.8, 4) is 5.69 Å². The smallest absolute Gasteiger partial charge is 0.274 e. The van der Waals surface area contributed by atoms with Crippen LogP contribution in [0.5, 0.6) is 0 Å². The van der Waals surface area contributed by atoms with E-state index in [9.17, 15) is 14.0 Å². The normalized spacial score (nSPS) is 10.8. The van der Waals surface area contributed by atoms with E-state index in [1.165, 1.54) is 28.9 Å². The van der Waals surface area contributed by atoms with Gasteiger partial charge in [0.1, 0.15) is 5.82 Å². The molecular weight excluding hydrogens is 345 g/mol. The fourth-order valence-electron chi connectivity index (χ4n) is 3.16. The van der Waals surface area contributed by atoms with Crippen LogP contribution in [-0.4, -0.2) is 15.7 Å². The van der Waals surface area contributed by atoms with Crippen molar-refractivity contribution in [2.75, 3.05) is 5.32 Å². The molecule has 0 aliphatic carbocycles. The number of amides is 1. The first-order chi connectivity index (χ1) is 12.8. The van der Waals surface area contributed by atoms with Crippen molar-refractivity contribution in [1.82, 2.24) is 9.78 Å². The molecule has 1 heterocycles. The zero-order valence-electron chi connectivity index (χ0n) is 15.6. The van der Waals surface area contributed by atoms with E-state index < -0.39 is 0 Å². The molecule has 0 saturated heterocycles. The predicted octanol–water partition coefficient (Wildman–Crippen LogP) is 3.80. The van der Waals surface area contributed by atoms with E-state index in [0.717, 1.165) is 16.8 Å². The molecule has 0 atom stereocenters. The summed E-state index contributed by atoms with van der Waals surface area (Å²) in [5.41, 5.74) is 4.49. The first-order valence-corrected chi connectivity index (χ1v) is 8.78. The molecule has 0 aliphatic rings. The number of hydrogen-bond acceptors (Lipinski definition) is 2. The summed E-state index contributed by atoms with van der Waals surface area (Å²) in [6, 6.07) is 11.5. The molecule has 0 fully saturated rings. The number of halogens is 1. The zero-order valence-corrected chi connectivity index (χ0v) is 15.6. The summed E-state index contributed by atoms with van der Waals surface area (Å²) in [5, 5.41) is 5.86. The number of aryl methyl sites for hydroxylation is 3. The Morgan fingerprint density at radius 2 is 1.70 bits per heavy atom. The number of H-pyrrole nitrogens is 1. The second-order valence-corrected chi connectivity index (χ2v) is 6.76. The lowest BCUT2D eigenvalue weighted by atomic mass is 10.1. The first kappa shape index (κ1) is 18.6. The molecule has 0 bridgehead atoms. The average molecular weight is 367 g/mol. The summed E-state index contributed by atoms with van der Waals surface area (Å²) in [7, 11) is 0. The largest absolute Gasteiger partial charge is 0.326 e. The van der Waals surface area contributed by atoms with Crippen LogP contribution in [-0.2, 0) is 11.2 Å². The van der Waals surface area contributed by atoms with Gasteiger partial charge in [-0.05, 0) is 74.7 Å². The molecule has 1 aromatic heterocycles. The van der Waals surface area contributed by atoms with Gasteiger partial charge >= 0.3 is 0 Å². The molecule has 3 aromatic rings. The molecule has 1 amide bonds. The molecule has 0 unspecified atom stereocenters. The molecule has 140 valence electrons. The van der Waals surface area contributed by atoms with Crippen LogP contribution in [0.25, 0.3) is 5.69 Å². The highest BCUT2D eigenvalue weighted by atomic mass is 19.1. The second-order valence-electron chi connectivity index (χ2n) is 6.76. The first-order valence-electron chi connectivity index (χ1n) is 8.78. The predicted molar refractivity (Wildman–Crippen MR) is 104 cm³/mol. The summed E-state index contributed by atoms with van der Waals surface area (Å²) >= 11 is 0. The molecule has 0 saturated carbocycles. The number of benzene rings is 2. The van der Waals surface area contributed by atoms with Gasteiger partial charge in [-0.1, -0.05) is 6.07 Å². The van der Waals surface area contributed by atoms with E-state index in [4.69, 9.17) is 0 Å². The maximum absolute atomic E-state index is 13.1. The molecule has 0 aliphatic heterocycles. The van der Waals surface area contributed by atoms with Gasteiger partial charge in [-0.2, -0.15) is 0 Å². The molecule has 0 radical (unpaired) electrons. The fourth-order valence-corrected chi connectivity index (χ4v) is 3.16. The van der Waals surface area contributed by atoms with E-state index in [0.29, 0.717) is 23.4 Å². The monoisotopic (exact) mass is 367 g/mol. The summed E-state index contributed by atoms with van der Waals surface area (Å²) in [5.74, 6) is -0.508. The highest BCUT2D eigenvalue weighted by Crippen LogP contribution is 2.15. The van der Waals surface area contributed by atoms with Gasteiger partial charge < -0.3 is 5.32 Å². The number of carbonyl (C=O) groups excluding carboxylic acids is 1. The van der Waals surface area contributed by atoms with E-state index in [1.807, 2.05) is 32.0 Å². The van der Waals surface area contributed by atoms with Crippen LogP contribution in [0.2, 0.25) is 0 Å². The molecule has 5 nitrogen and oxygen atoms in total. The topological polar surface area (TPSA) is 66.9 Å². The third-order valence-corrected chi connectivity index (χ3v) is 4.39. The lowest BCUT2D eigenvalue weighted by molar-refractivity contribution is -0.116. The van der Waals surface area contributed by atoms with Crippen molar-refractivity contribution >= 4 is 11.6 Å². The Bertz CT molecular complexity index is 1010. The van der Waals surface area contributed by atoms with Gasteiger partial charge in [-0.3, -0.25) is 14.7 Å². The lowest BCUT2D eigenvalue weighted by Crippen LogP contribution is -2.19. The number of aromatic amines is 1. The number of nitrogens with zero attached hydrogens (tertiary/aromatic N) is 1. The van der Waals surface area contributed by atoms with Crippen LogP contribution in [0.3, 0.4) is 0 Å². The fraction of sp³-hybridized carbons (Fsp3) is 0.238. The Hall–Kier alpha value is -3.15. The lowest BCUT2D eigenvalue weighted by Gasteiger charge is -2.07. The Morgan fingerprint density at radius 1 is 1.07 bits per heavy atom. The number of aromatic nitrogens is 2. The Kier molecular flexibility index (Phi) is 5.26. The maximum Gasteiger partial charge on any atom is 0.274 e. The van der Waals surface area contributed by atoms with Crippen LogP contribution < -0.4 is 10.9 Å². The van der Waals surface area contributed by atoms with Gasteiger partial charge in [0, 0.05) is 23.4 Å². The molecule has 2 aromatic carbocycles. The molecule has 3 rings (SSSR count). The third kappa shape index (κ3) is 4.34. The van der Waals surface area contributed by atoms with Crippen LogP contribution in [0.15, 0.2) is 47.3 Å². The van der Waals surface area contributed by atoms with Crippen LogP contribution in [0.1, 0.15) is 28.8 Å². The summed E-state index contributed by atoms with van der Waals surface area (Å²) in [6.45, 7) is 5.74. The van der Waals surface area contributed by atoms with E-state index in [-0.39, 0.29) is 23.7 Å². The minimum absolute atomic E-state index is 0.145. The highest BCUT2D eigenvalue weighted by molar-refractivity contribution is 5.91. The second kappa shape index (κ2) is 7.61. The van der Waals surface area contributed by atoms with Gasteiger partial charge in [0.2, 0.25) is 5.91 Å². The minimum atomic E-state index is -0.363. The van der Waals surface area contributed by atoms with Crippen molar-refractivity contribution in [3.05, 3.63) is 81.0 Å². The Labute approximate surface area is 156 Å². The van der Waals surface area contributed by atoms with Crippen molar-refractivity contribution < 1.29 is 9.18 Å². The van der Waals surface area contributed by atoms with Gasteiger partial charge in [-0.25, -0.2) is 9.07 Å². The van der Waals surface area contributed by atoms with Crippen LogP contribution >= 0.6 is 0 Å². The number of anilines is 1. The molecule has 2 N–H and O–H groups in total. The maximum atomic E-state index is 13.1. The summed E-state index contributed by atoms with van der Waals surface area (Å²) < 4.78 is 14.5. The van der Waals surface area contributed by atoms with E-state index in [2.05, 4.69) is 10.4 Å². The van der Waals surface area contributed by atoms with Crippen molar-refractivity contribution in [3.63, 3.8) is 0 Å². The summed E-state index contributed by atoms with van der Waals surface area (Å²) in [4.78, 5) is 24.9. The standard InChI is InChI=1S/C21H22FN3O2/c1-13-10-14(2)12-17(11-13)23-20(26)9-8-19-15(3)24-25(21(19)27)18-6-4-16(22)5-7-18/h4-7,10-12,24H,8-9H2,1-3H3,(H,23,26). The van der Waals surface area contributed by atoms with Crippen molar-refractivity contribution in [2.45, 2.75) is 33.6 Å². The zero-order chi connectivity index (χ0) is 19.6. The van der Waals surface area contributed by atoms with Gasteiger partial charge in [0.15, 0.2) is 0 Å². The molecular formula is C21H22FN3O2. The third-order valence-electron chi connectivity index (χ3n) is 4.39. The highest BCUT2D eigenvalue weighted by Gasteiger charge is 2.14. The average Bonchev–Trinajstić information content (AvgIpc) is 2.87. The number of rotatable bonds is 5. The molecule has 6 heteroatoms.